The third-order valence-electron chi connectivity index (χ3n) is 4.09. The van der Waals surface area contributed by atoms with Gasteiger partial charge in [0, 0.05) is 12.2 Å². The summed E-state index contributed by atoms with van der Waals surface area (Å²) in [4.78, 5) is 2.16. The van der Waals surface area contributed by atoms with Crippen molar-refractivity contribution >= 4 is 23.0 Å². The maximum Gasteiger partial charge on any atom is 0.171 e. The van der Waals surface area contributed by atoms with Crippen LogP contribution in [0, 0.1) is 0 Å². The maximum absolute atomic E-state index is 5.53. The van der Waals surface area contributed by atoms with Crippen LogP contribution in [0.25, 0.3) is 0 Å². The quantitative estimate of drug-likeness (QED) is 0.676. The van der Waals surface area contributed by atoms with Gasteiger partial charge < -0.3 is 15.5 Å². The number of benzene rings is 2. The van der Waals surface area contributed by atoms with Crippen LogP contribution in [0.5, 0.6) is 0 Å². The SMILES string of the molecule is CCCCc1ccc(NC(=S)N[C@@H](CN(C)C)c2ccccc2)cc1. The van der Waals surface area contributed by atoms with E-state index in [0.29, 0.717) is 5.11 Å². The van der Waals surface area contributed by atoms with Crippen LogP contribution in [0.4, 0.5) is 5.69 Å². The van der Waals surface area contributed by atoms with Gasteiger partial charge in [-0.2, -0.15) is 0 Å². The van der Waals surface area contributed by atoms with Gasteiger partial charge >= 0.3 is 0 Å². The second-order valence-electron chi connectivity index (χ2n) is 6.62. The molecule has 2 aromatic carbocycles. The Balaban J connectivity index is 1.96. The van der Waals surface area contributed by atoms with Gasteiger partial charge in [-0.1, -0.05) is 55.8 Å². The van der Waals surface area contributed by atoms with Gasteiger partial charge in [0.15, 0.2) is 5.11 Å². The minimum Gasteiger partial charge on any atom is -0.354 e. The van der Waals surface area contributed by atoms with Crippen molar-refractivity contribution in [3.8, 4) is 0 Å². The van der Waals surface area contributed by atoms with E-state index in [-0.39, 0.29) is 6.04 Å². The van der Waals surface area contributed by atoms with Crippen molar-refractivity contribution in [2.75, 3.05) is 26.0 Å². The number of rotatable bonds is 8. The molecule has 2 N–H and O–H groups in total. The third-order valence-corrected chi connectivity index (χ3v) is 4.31. The molecule has 0 spiro atoms. The van der Waals surface area contributed by atoms with E-state index in [1.165, 1.54) is 24.0 Å². The summed E-state index contributed by atoms with van der Waals surface area (Å²) in [5.74, 6) is 0. The highest BCUT2D eigenvalue weighted by Gasteiger charge is 2.13. The lowest BCUT2D eigenvalue weighted by atomic mass is 10.1. The zero-order chi connectivity index (χ0) is 18.1. The number of hydrogen-bond acceptors (Lipinski definition) is 2. The minimum atomic E-state index is 0.153. The van der Waals surface area contributed by atoms with Crippen molar-refractivity contribution in [1.82, 2.24) is 10.2 Å². The first-order valence-electron chi connectivity index (χ1n) is 8.94. The van der Waals surface area contributed by atoms with Crippen LogP contribution in [-0.2, 0) is 6.42 Å². The predicted molar refractivity (Wildman–Crippen MR) is 112 cm³/mol. The molecule has 2 aromatic rings. The fourth-order valence-corrected chi connectivity index (χ4v) is 3.01. The zero-order valence-electron chi connectivity index (χ0n) is 15.5. The van der Waals surface area contributed by atoms with Crippen molar-refractivity contribution in [1.29, 1.82) is 0 Å². The van der Waals surface area contributed by atoms with E-state index in [2.05, 4.69) is 85.1 Å². The van der Waals surface area contributed by atoms with E-state index in [4.69, 9.17) is 12.2 Å². The van der Waals surface area contributed by atoms with Crippen molar-refractivity contribution in [2.45, 2.75) is 32.2 Å². The van der Waals surface area contributed by atoms with Crippen molar-refractivity contribution in [3.05, 3.63) is 65.7 Å². The standard InChI is InChI=1S/C21H29N3S/c1-4-5-9-17-12-14-19(15-13-17)22-21(25)23-20(16-24(2)3)18-10-7-6-8-11-18/h6-8,10-15,20H,4-5,9,16H2,1-3H3,(H2,22,23,25)/t20-/m0/s1. The van der Waals surface area contributed by atoms with Gasteiger partial charge in [-0.05, 0) is 62.4 Å². The van der Waals surface area contributed by atoms with Crippen LogP contribution >= 0.6 is 12.2 Å². The van der Waals surface area contributed by atoms with Gasteiger partial charge in [0.1, 0.15) is 0 Å². The summed E-state index contributed by atoms with van der Waals surface area (Å²) >= 11 is 5.53. The van der Waals surface area contributed by atoms with Gasteiger partial charge in [-0.15, -0.1) is 0 Å². The summed E-state index contributed by atoms with van der Waals surface area (Å²) < 4.78 is 0. The molecule has 4 heteroatoms. The van der Waals surface area contributed by atoms with E-state index >= 15 is 0 Å². The van der Waals surface area contributed by atoms with E-state index in [1.54, 1.807) is 0 Å². The first-order valence-corrected chi connectivity index (χ1v) is 9.35. The Morgan fingerprint density at radius 3 is 2.32 bits per heavy atom. The molecule has 1 atom stereocenters. The van der Waals surface area contributed by atoms with Crippen LogP contribution in [-0.4, -0.2) is 30.7 Å². The lowest BCUT2D eigenvalue weighted by Gasteiger charge is -2.24. The van der Waals surface area contributed by atoms with Crippen molar-refractivity contribution < 1.29 is 0 Å². The lowest BCUT2D eigenvalue weighted by Crippen LogP contribution is -2.37. The second kappa shape index (κ2) is 10.2. The second-order valence-corrected chi connectivity index (χ2v) is 7.03. The van der Waals surface area contributed by atoms with Crippen LogP contribution in [0.1, 0.15) is 36.9 Å². The number of likely N-dealkylation sites (N-methyl/N-ethyl adjacent to an activating group) is 1. The molecule has 0 amide bonds. The normalized spacial score (nSPS) is 12.0. The number of anilines is 1. The minimum absolute atomic E-state index is 0.153. The Bertz CT molecular complexity index is 638. The molecule has 0 fully saturated rings. The molecule has 25 heavy (non-hydrogen) atoms. The molecule has 0 aliphatic rings. The molecule has 3 nitrogen and oxygen atoms in total. The Morgan fingerprint density at radius 1 is 1.04 bits per heavy atom. The summed E-state index contributed by atoms with van der Waals surface area (Å²) in [5.41, 5.74) is 3.63. The molecular formula is C21H29N3S. The van der Waals surface area contributed by atoms with Gasteiger partial charge in [-0.3, -0.25) is 0 Å². The van der Waals surface area contributed by atoms with Crippen LogP contribution in [0.3, 0.4) is 0 Å². The molecule has 134 valence electrons. The van der Waals surface area contributed by atoms with Crippen LogP contribution < -0.4 is 10.6 Å². The Morgan fingerprint density at radius 2 is 1.72 bits per heavy atom. The molecule has 0 aromatic heterocycles. The van der Waals surface area contributed by atoms with E-state index in [9.17, 15) is 0 Å². The summed E-state index contributed by atoms with van der Waals surface area (Å²) in [6, 6.07) is 19.1. The summed E-state index contributed by atoms with van der Waals surface area (Å²) in [7, 11) is 4.15. The number of aryl methyl sites for hydroxylation is 1. The highest BCUT2D eigenvalue weighted by atomic mass is 32.1. The number of thiocarbonyl (C=S) groups is 1. The summed E-state index contributed by atoms with van der Waals surface area (Å²) in [6.07, 6.45) is 3.59. The Kier molecular flexibility index (Phi) is 7.89. The molecule has 0 aliphatic carbocycles. The van der Waals surface area contributed by atoms with E-state index in [0.717, 1.165) is 18.7 Å². The number of nitrogens with zero attached hydrogens (tertiary/aromatic N) is 1. The van der Waals surface area contributed by atoms with E-state index in [1.807, 2.05) is 6.07 Å². The van der Waals surface area contributed by atoms with Crippen molar-refractivity contribution in [2.24, 2.45) is 0 Å². The highest BCUT2D eigenvalue weighted by molar-refractivity contribution is 7.80. The topological polar surface area (TPSA) is 27.3 Å². The fraction of sp³-hybridized carbons (Fsp3) is 0.381. The first kappa shape index (κ1) is 19.4. The number of nitrogens with one attached hydrogen (secondary N) is 2. The Labute approximate surface area is 157 Å². The fourth-order valence-electron chi connectivity index (χ4n) is 2.75. The summed E-state index contributed by atoms with van der Waals surface area (Å²) in [6.45, 7) is 3.10. The lowest BCUT2D eigenvalue weighted by molar-refractivity contribution is 0.363. The first-order chi connectivity index (χ1) is 12.1. The molecular weight excluding hydrogens is 326 g/mol. The molecule has 0 radical (unpaired) electrons. The number of unbranched alkanes of at least 4 members (excludes halogenated alkanes) is 1. The maximum atomic E-state index is 5.53. The van der Waals surface area contributed by atoms with Gasteiger partial charge in [0.2, 0.25) is 0 Å². The smallest absolute Gasteiger partial charge is 0.171 e. The third kappa shape index (κ3) is 6.85. The summed E-state index contributed by atoms with van der Waals surface area (Å²) in [5, 5.41) is 7.39. The average Bonchev–Trinajstić information content (AvgIpc) is 2.61. The van der Waals surface area contributed by atoms with E-state index < -0.39 is 0 Å². The Hall–Kier alpha value is -1.91. The molecule has 0 saturated heterocycles. The molecule has 2 rings (SSSR count). The molecule has 0 unspecified atom stereocenters. The zero-order valence-corrected chi connectivity index (χ0v) is 16.3. The molecule has 0 heterocycles. The molecule has 0 bridgehead atoms. The average molecular weight is 356 g/mol. The van der Waals surface area contributed by atoms with Gasteiger partial charge in [0.25, 0.3) is 0 Å². The largest absolute Gasteiger partial charge is 0.354 e. The van der Waals surface area contributed by atoms with Crippen LogP contribution in [0.2, 0.25) is 0 Å². The molecule has 0 aliphatic heterocycles. The molecule has 0 saturated carbocycles. The van der Waals surface area contributed by atoms with Crippen LogP contribution in [0.15, 0.2) is 54.6 Å². The van der Waals surface area contributed by atoms with Gasteiger partial charge in [-0.25, -0.2) is 0 Å². The van der Waals surface area contributed by atoms with Crippen molar-refractivity contribution in [3.63, 3.8) is 0 Å². The predicted octanol–water partition coefficient (Wildman–Crippen LogP) is 4.62. The number of hydrogen-bond donors (Lipinski definition) is 2. The monoisotopic (exact) mass is 355 g/mol. The highest BCUT2D eigenvalue weighted by Crippen LogP contribution is 2.15. The van der Waals surface area contributed by atoms with Gasteiger partial charge in [0.05, 0.1) is 6.04 Å².